The van der Waals surface area contributed by atoms with Crippen LogP contribution in [0, 0.1) is 0 Å². The summed E-state index contributed by atoms with van der Waals surface area (Å²) in [7, 11) is 0. The van der Waals surface area contributed by atoms with Crippen LogP contribution in [0.2, 0.25) is 0 Å². The number of carbonyl (C=O) groups is 1. The number of carbonyl (C=O) groups excluding carboxylic acids is 1. The molecule has 0 saturated heterocycles. The summed E-state index contributed by atoms with van der Waals surface area (Å²) >= 11 is 0. The van der Waals surface area contributed by atoms with Gasteiger partial charge in [-0.1, -0.05) is 18.2 Å². The van der Waals surface area contributed by atoms with Crippen LogP contribution in [0.3, 0.4) is 0 Å². The molecule has 3 N–H and O–H groups in total. The summed E-state index contributed by atoms with van der Waals surface area (Å²) < 4.78 is 1.93. The van der Waals surface area contributed by atoms with Crippen LogP contribution in [0.15, 0.2) is 30.5 Å². The van der Waals surface area contributed by atoms with E-state index in [0.29, 0.717) is 6.04 Å². The van der Waals surface area contributed by atoms with Crippen molar-refractivity contribution in [2.24, 2.45) is 5.73 Å². The number of amides is 1. The SMILES string of the molecule is NC(=O)Cn1cc(CNC2CC2)c2ccccc21. The first kappa shape index (κ1) is 11.3. The molecular formula is C14H17N3O. The fraction of sp³-hybridized carbons (Fsp3) is 0.357. The van der Waals surface area contributed by atoms with Gasteiger partial charge in [-0.25, -0.2) is 0 Å². The van der Waals surface area contributed by atoms with Crippen molar-refractivity contribution in [3.8, 4) is 0 Å². The maximum atomic E-state index is 11.1. The molecule has 1 heterocycles. The Bertz CT molecular complexity index is 584. The monoisotopic (exact) mass is 243 g/mol. The Balaban J connectivity index is 1.93. The minimum Gasteiger partial charge on any atom is -0.368 e. The van der Waals surface area contributed by atoms with Gasteiger partial charge in [0, 0.05) is 29.7 Å². The van der Waals surface area contributed by atoms with E-state index in [0.717, 1.165) is 12.1 Å². The molecule has 1 aromatic carbocycles. The molecule has 0 atom stereocenters. The summed E-state index contributed by atoms with van der Waals surface area (Å²) in [5, 5.41) is 4.70. The molecule has 2 aromatic rings. The lowest BCUT2D eigenvalue weighted by Gasteiger charge is -2.00. The van der Waals surface area contributed by atoms with Gasteiger partial charge in [0.1, 0.15) is 6.54 Å². The Morgan fingerprint density at radius 3 is 2.89 bits per heavy atom. The van der Waals surface area contributed by atoms with Crippen LogP contribution in [0.1, 0.15) is 18.4 Å². The minimum absolute atomic E-state index is 0.240. The zero-order chi connectivity index (χ0) is 12.5. The summed E-state index contributed by atoms with van der Waals surface area (Å²) in [6.45, 7) is 1.10. The fourth-order valence-electron chi connectivity index (χ4n) is 2.30. The van der Waals surface area contributed by atoms with E-state index in [1.165, 1.54) is 23.8 Å². The van der Waals surface area contributed by atoms with E-state index in [-0.39, 0.29) is 12.5 Å². The van der Waals surface area contributed by atoms with E-state index < -0.39 is 0 Å². The van der Waals surface area contributed by atoms with Crippen molar-refractivity contribution in [3.63, 3.8) is 0 Å². The van der Waals surface area contributed by atoms with Crippen LogP contribution in [0.25, 0.3) is 10.9 Å². The molecule has 0 radical (unpaired) electrons. The van der Waals surface area contributed by atoms with E-state index in [1.54, 1.807) is 0 Å². The quantitative estimate of drug-likeness (QED) is 0.833. The van der Waals surface area contributed by atoms with Crippen molar-refractivity contribution in [3.05, 3.63) is 36.0 Å². The van der Waals surface area contributed by atoms with Gasteiger partial charge >= 0.3 is 0 Å². The third-order valence-electron chi connectivity index (χ3n) is 3.36. The first-order valence-corrected chi connectivity index (χ1v) is 6.32. The Hall–Kier alpha value is -1.81. The number of hydrogen-bond acceptors (Lipinski definition) is 2. The van der Waals surface area contributed by atoms with Gasteiger partial charge in [0.15, 0.2) is 0 Å². The number of nitrogens with one attached hydrogen (secondary N) is 1. The van der Waals surface area contributed by atoms with Crippen LogP contribution in [-0.4, -0.2) is 16.5 Å². The predicted octanol–water partition coefficient (Wildman–Crippen LogP) is 1.38. The summed E-state index contributed by atoms with van der Waals surface area (Å²) in [5.41, 5.74) is 7.59. The topological polar surface area (TPSA) is 60.1 Å². The zero-order valence-corrected chi connectivity index (χ0v) is 10.2. The average molecular weight is 243 g/mol. The van der Waals surface area contributed by atoms with Crippen molar-refractivity contribution in [2.75, 3.05) is 0 Å². The van der Waals surface area contributed by atoms with Crippen molar-refractivity contribution >= 4 is 16.8 Å². The highest BCUT2D eigenvalue weighted by Gasteiger charge is 2.20. The van der Waals surface area contributed by atoms with E-state index in [9.17, 15) is 4.79 Å². The van der Waals surface area contributed by atoms with Crippen molar-refractivity contribution in [1.82, 2.24) is 9.88 Å². The predicted molar refractivity (Wildman–Crippen MR) is 71.0 cm³/mol. The normalized spacial score (nSPS) is 15.1. The van der Waals surface area contributed by atoms with E-state index in [2.05, 4.69) is 11.4 Å². The Labute approximate surface area is 106 Å². The van der Waals surface area contributed by atoms with Gasteiger partial charge in [-0.3, -0.25) is 4.79 Å². The first-order chi connectivity index (χ1) is 8.74. The second-order valence-corrected chi connectivity index (χ2v) is 4.92. The molecule has 0 spiro atoms. The molecule has 4 nitrogen and oxygen atoms in total. The van der Waals surface area contributed by atoms with Gasteiger partial charge in [0.2, 0.25) is 5.91 Å². The molecule has 0 bridgehead atoms. The largest absolute Gasteiger partial charge is 0.368 e. The van der Waals surface area contributed by atoms with Gasteiger partial charge < -0.3 is 15.6 Å². The van der Waals surface area contributed by atoms with Crippen LogP contribution >= 0.6 is 0 Å². The number of hydrogen-bond donors (Lipinski definition) is 2. The summed E-state index contributed by atoms with van der Waals surface area (Å²) in [6.07, 6.45) is 4.59. The number of nitrogens with two attached hydrogens (primary N) is 1. The maximum absolute atomic E-state index is 11.1. The van der Waals surface area contributed by atoms with Crippen LogP contribution in [0.4, 0.5) is 0 Å². The van der Waals surface area contributed by atoms with Gasteiger partial charge in [-0.2, -0.15) is 0 Å². The molecule has 1 fully saturated rings. The number of rotatable bonds is 5. The van der Waals surface area contributed by atoms with E-state index >= 15 is 0 Å². The summed E-state index contributed by atoms with van der Waals surface area (Å²) in [4.78, 5) is 11.1. The number of nitrogens with zero attached hydrogens (tertiary/aromatic N) is 1. The number of para-hydroxylation sites is 1. The van der Waals surface area contributed by atoms with Crippen LogP contribution < -0.4 is 11.1 Å². The second kappa shape index (κ2) is 4.46. The second-order valence-electron chi connectivity index (χ2n) is 4.92. The lowest BCUT2D eigenvalue weighted by Crippen LogP contribution is -2.18. The minimum atomic E-state index is -0.308. The highest BCUT2D eigenvalue weighted by Crippen LogP contribution is 2.24. The fourth-order valence-corrected chi connectivity index (χ4v) is 2.30. The number of aromatic nitrogens is 1. The van der Waals surface area contributed by atoms with Gasteiger partial charge in [0.25, 0.3) is 0 Å². The number of benzene rings is 1. The molecule has 1 aromatic heterocycles. The molecule has 0 unspecified atom stereocenters. The molecule has 4 heteroatoms. The highest BCUT2D eigenvalue weighted by molar-refractivity contribution is 5.85. The molecule has 1 amide bonds. The Morgan fingerprint density at radius 2 is 2.17 bits per heavy atom. The lowest BCUT2D eigenvalue weighted by atomic mass is 10.2. The van der Waals surface area contributed by atoms with Crippen molar-refractivity contribution in [2.45, 2.75) is 32.0 Å². The molecule has 1 aliphatic carbocycles. The van der Waals surface area contributed by atoms with Gasteiger partial charge in [-0.15, -0.1) is 0 Å². The van der Waals surface area contributed by atoms with Crippen LogP contribution in [0.5, 0.6) is 0 Å². The van der Waals surface area contributed by atoms with E-state index in [1.807, 2.05) is 29.0 Å². The van der Waals surface area contributed by atoms with E-state index in [4.69, 9.17) is 5.73 Å². The molecule has 0 aliphatic heterocycles. The Kier molecular flexibility index (Phi) is 2.80. The molecule has 94 valence electrons. The number of primary amides is 1. The molecule has 18 heavy (non-hydrogen) atoms. The van der Waals surface area contributed by atoms with Gasteiger partial charge in [-0.05, 0) is 24.5 Å². The third-order valence-corrected chi connectivity index (χ3v) is 3.36. The first-order valence-electron chi connectivity index (χ1n) is 6.32. The number of fused-ring (bicyclic) bond motifs is 1. The average Bonchev–Trinajstić information content (AvgIpc) is 3.11. The maximum Gasteiger partial charge on any atom is 0.237 e. The third kappa shape index (κ3) is 2.24. The lowest BCUT2D eigenvalue weighted by molar-refractivity contribution is -0.118. The molecule has 1 aliphatic rings. The molecular weight excluding hydrogens is 226 g/mol. The summed E-state index contributed by atoms with van der Waals surface area (Å²) in [6, 6.07) is 8.81. The van der Waals surface area contributed by atoms with Gasteiger partial charge in [0.05, 0.1) is 0 Å². The van der Waals surface area contributed by atoms with Crippen molar-refractivity contribution < 1.29 is 4.79 Å². The van der Waals surface area contributed by atoms with Crippen molar-refractivity contribution in [1.29, 1.82) is 0 Å². The highest BCUT2D eigenvalue weighted by atomic mass is 16.1. The smallest absolute Gasteiger partial charge is 0.237 e. The standard InChI is InChI=1S/C14H17N3O/c15-14(18)9-17-8-10(7-16-11-5-6-11)12-3-1-2-4-13(12)17/h1-4,8,11,16H,5-7,9H2,(H2,15,18). The Morgan fingerprint density at radius 1 is 1.39 bits per heavy atom. The van der Waals surface area contributed by atoms with Crippen LogP contribution in [-0.2, 0) is 17.9 Å². The molecule has 1 saturated carbocycles. The zero-order valence-electron chi connectivity index (χ0n) is 10.2. The molecule has 3 rings (SSSR count). The summed E-state index contributed by atoms with van der Waals surface area (Å²) in [5.74, 6) is -0.308.